The van der Waals surface area contributed by atoms with Gasteiger partial charge < -0.3 is 9.29 Å². The van der Waals surface area contributed by atoms with Crippen LogP contribution >= 0.6 is 34.8 Å². The van der Waals surface area contributed by atoms with Crippen molar-refractivity contribution in [3.8, 4) is 16.9 Å². The number of hydrogen-bond donors (Lipinski definition) is 1. The summed E-state index contributed by atoms with van der Waals surface area (Å²) in [5.41, 5.74) is 5.14. The van der Waals surface area contributed by atoms with Gasteiger partial charge in [-0.2, -0.15) is 9.51 Å². The largest absolute Gasteiger partial charge is 0.759 e. The number of hydrogen-bond acceptors (Lipinski definition) is 7. The Morgan fingerprint density at radius 2 is 1.68 bits per heavy atom. The van der Waals surface area contributed by atoms with Gasteiger partial charge in [0.15, 0.2) is 5.69 Å². The fraction of sp³-hybridized carbons (Fsp3) is 0.385. The fourth-order valence-corrected chi connectivity index (χ4v) is 6.08. The third kappa shape index (κ3) is 6.70. The van der Waals surface area contributed by atoms with Gasteiger partial charge in [0.2, 0.25) is 0 Å². The lowest BCUT2D eigenvalue weighted by Crippen LogP contribution is -2.49. The number of nitrogens with one attached hydrogen (secondary N) is 1. The smallest absolute Gasteiger partial charge is 0.286 e. The first-order chi connectivity index (χ1) is 19.3. The molecule has 2 saturated heterocycles. The number of carbonyl (C=O) groups is 1. The molecule has 0 radical (unpaired) electrons. The number of aromatic nitrogens is 2. The molecule has 2 fully saturated rings. The van der Waals surface area contributed by atoms with Gasteiger partial charge in [-0.25, -0.2) is 14.7 Å². The van der Waals surface area contributed by atoms with E-state index in [9.17, 15) is 13.6 Å². The summed E-state index contributed by atoms with van der Waals surface area (Å²) in [6.45, 7) is 2.85. The molecule has 1 amide bonds. The number of hydrazine groups is 2. The van der Waals surface area contributed by atoms with Crippen LogP contribution in [0.4, 0.5) is 0 Å². The highest BCUT2D eigenvalue weighted by Crippen LogP contribution is 2.35. The van der Waals surface area contributed by atoms with E-state index in [1.54, 1.807) is 52.2 Å². The van der Waals surface area contributed by atoms with Gasteiger partial charge in [0.05, 0.1) is 36.2 Å². The Morgan fingerprint density at radius 3 is 2.33 bits per heavy atom. The second-order valence-corrected chi connectivity index (χ2v) is 11.6. The lowest BCUT2D eigenvalue weighted by Gasteiger charge is -2.38. The zero-order valence-corrected chi connectivity index (χ0v) is 24.6. The number of morpholine rings is 1. The Morgan fingerprint density at radius 1 is 1.00 bits per heavy atom. The van der Waals surface area contributed by atoms with Gasteiger partial charge in [0.25, 0.3) is 5.91 Å². The topological polar surface area (TPSA) is 106 Å². The summed E-state index contributed by atoms with van der Waals surface area (Å²) in [5, 5.41) is 9.59. The molecule has 3 aromatic rings. The molecule has 10 nitrogen and oxygen atoms in total. The Kier molecular flexibility index (Phi) is 9.77. The van der Waals surface area contributed by atoms with E-state index in [0.29, 0.717) is 63.9 Å². The Hall–Kier alpha value is -2.06. The third-order valence-corrected chi connectivity index (χ3v) is 8.33. The number of rotatable bonds is 8. The van der Waals surface area contributed by atoms with E-state index in [4.69, 9.17) is 44.6 Å². The van der Waals surface area contributed by atoms with Gasteiger partial charge >= 0.3 is 0 Å². The standard InChI is InChI=1S/C26H29Cl3N6O4S/c27-19-6-4-18(5-7-19)25-21(17-34(40(37)38)33-12-14-39-15-13-33)24(26(36)31-32-10-2-1-3-11-32)30-35(25)23-9-8-20(28)16-22(23)29/h4-9,16H,1-3,10-15,17H2,(H,31,36)(H,37,38)/p-1. The number of halogens is 3. The lowest BCUT2D eigenvalue weighted by molar-refractivity contribution is -0.0464. The molecule has 14 heteroatoms. The summed E-state index contributed by atoms with van der Waals surface area (Å²) in [6.07, 6.45) is 3.04. The highest BCUT2D eigenvalue weighted by Gasteiger charge is 2.30. The maximum Gasteiger partial charge on any atom is 0.286 e. The second-order valence-electron chi connectivity index (χ2n) is 9.47. The van der Waals surface area contributed by atoms with Crippen molar-refractivity contribution in [2.45, 2.75) is 25.8 Å². The van der Waals surface area contributed by atoms with E-state index < -0.39 is 17.2 Å². The Bertz CT molecular complexity index is 1380. The average molecular weight is 627 g/mol. The van der Waals surface area contributed by atoms with Gasteiger partial charge in [-0.1, -0.05) is 53.4 Å². The number of amides is 1. The van der Waals surface area contributed by atoms with Gasteiger partial charge in [-0.3, -0.25) is 14.4 Å². The average Bonchev–Trinajstić information content (AvgIpc) is 3.32. The van der Waals surface area contributed by atoms with Crippen molar-refractivity contribution in [3.05, 3.63) is 68.8 Å². The third-order valence-electron chi connectivity index (χ3n) is 6.84. The van der Waals surface area contributed by atoms with E-state index in [-0.39, 0.29) is 12.2 Å². The van der Waals surface area contributed by atoms with E-state index in [1.165, 1.54) is 4.41 Å². The molecule has 2 aromatic carbocycles. The lowest BCUT2D eigenvalue weighted by atomic mass is 10.0. The van der Waals surface area contributed by atoms with Crippen LogP contribution in [0.3, 0.4) is 0 Å². The van der Waals surface area contributed by atoms with Crippen molar-refractivity contribution in [2.75, 3.05) is 39.4 Å². The molecule has 3 heterocycles. The molecule has 2 aliphatic heterocycles. The molecule has 0 spiro atoms. The number of benzene rings is 2. The van der Waals surface area contributed by atoms with Crippen LogP contribution in [0.5, 0.6) is 0 Å². The van der Waals surface area contributed by atoms with Crippen molar-refractivity contribution in [1.29, 1.82) is 0 Å². The zero-order valence-electron chi connectivity index (χ0n) is 21.5. The molecule has 0 bridgehead atoms. The number of piperidine rings is 1. The monoisotopic (exact) mass is 625 g/mol. The molecule has 1 unspecified atom stereocenters. The van der Waals surface area contributed by atoms with Crippen LogP contribution in [0.1, 0.15) is 35.3 Å². The van der Waals surface area contributed by atoms with E-state index >= 15 is 0 Å². The molecule has 0 aliphatic carbocycles. The van der Waals surface area contributed by atoms with Gasteiger partial charge in [-0.05, 0) is 43.2 Å². The molecule has 40 heavy (non-hydrogen) atoms. The Balaban J connectivity index is 1.68. The first kappa shape index (κ1) is 29.4. The van der Waals surface area contributed by atoms with Crippen molar-refractivity contribution in [3.63, 3.8) is 0 Å². The quantitative estimate of drug-likeness (QED) is 0.368. The first-order valence-electron chi connectivity index (χ1n) is 12.9. The number of ether oxygens (including phenoxy) is 1. The van der Waals surface area contributed by atoms with Gasteiger partial charge in [0, 0.05) is 58.6 Å². The minimum Gasteiger partial charge on any atom is -0.759 e. The van der Waals surface area contributed by atoms with Crippen molar-refractivity contribution in [2.24, 2.45) is 0 Å². The van der Waals surface area contributed by atoms with Crippen molar-refractivity contribution in [1.82, 2.24) is 29.6 Å². The number of carbonyl (C=O) groups excluding carboxylic acids is 1. The van der Waals surface area contributed by atoms with Crippen LogP contribution < -0.4 is 5.43 Å². The summed E-state index contributed by atoms with van der Waals surface area (Å²) in [6, 6.07) is 12.0. The second kappa shape index (κ2) is 13.3. The predicted octanol–water partition coefficient (Wildman–Crippen LogP) is 4.47. The van der Waals surface area contributed by atoms with Gasteiger partial charge in [0.1, 0.15) is 0 Å². The maximum absolute atomic E-state index is 13.8. The van der Waals surface area contributed by atoms with Gasteiger partial charge in [-0.15, -0.1) is 0 Å². The summed E-state index contributed by atoms with van der Waals surface area (Å²) in [7, 11) is 0. The summed E-state index contributed by atoms with van der Waals surface area (Å²) in [4.78, 5) is 13.8. The predicted molar refractivity (Wildman–Crippen MR) is 154 cm³/mol. The van der Waals surface area contributed by atoms with Crippen LogP contribution in [0.2, 0.25) is 15.1 Å². The van der Waals surface area contributed by atoms with E-state index in [2.05, 4.69) is 5.43 Å². The summed E-state index contributed by atoms with van der Waals surface area (Å²) >= 11 is 16.4. The number of nitrogens with zero attached hydrogens (tertiary/aromatic N) is 5. The maximum atomic E-state index is 13.8. The van der Waals surface area contributed by atoms with Crippen LogP contribution in [-0.4, -0.2) is 78.3 Å². The molecule has 1 atom stereocenters. The molecule has 0 saturated carbocycles. The Labute approximate surface area is 250 Å². The SMILES string of the molecule is O=C(NN1CCCCC1)c1nn(-c2ccc(Cl)cc2Cl)c(-c2ccc(Cl)cc2)c1CN(N1CCOCC1)S(=O)[O-]. The molecular weight excluding hydrogens is 599 g/mol. The summed E-state index contributed by atoms with van der Waals surface area (Å²) < 4.78 is 33.2. The fourth-order valence-electron chi connectivity index (χ4n) is 4.88. The van der Waals surface area contributed by atoms with Crippen LogP contribution in [0, 0.1) is 0 Å². The molecule has 214 valence electrons. The first-order valence-corrected chi connectivity index (χ1v) is 15.1. The molecule has 1 aromatic heterocycles. The highest BCUT2D eigenvalue weighted by molar-refractivity contribution is 7.76. The normalized spacial score (nSPS) is 17.7. The van der Waals surface area contributed by atoms with Crippen molar-refractivity contribution < 1.29 is 18.3 Å². The summed E-state index contributed by atoms with van der Waals surface area (Å²) in [5.74, 6) is -0.436. The van der Waals surface area contributed by atoms with E-state index in [1.807, 2.05) is 5.01 Å². The molecular formula is C26H28Cl3N6O4S-. The molecule has 1 N–H and O–H groups in total. The van der Waals surface area contributed by atoms with Crippen molar-refractivity contribution >= 4 is 52.0 Å². The van der Waals surface area contributed by atoms with Crippen LogP contribution in [-0.2, 0) is 22.5 Å². The molecule has 2 aliphatic rings. The van der Waals surface area contributed by atoms with Crippen LogP contribution in [0.15, 0.2) is 42.5 Å². The molecule has 5 rings (SSSR count). The van der Waals surface area contributed by atoms with E-state index in [0.717, 1.165) is 32.4 Å². The zero-order chi connectivity index (χ0) is 28.2. The van der Waals surface area contributed by atoms with Crippen LogP contribution in [0.25, 0.3) is 16.9 Å². The minimum atomic E-state index is -2.63. The highest BCUT2D eigenvalue weighted by atomic mass is 35.5. The minimum absolute atomic E-state index is 0.0882.